The molecular weight excluding hydrogens is 250 g/mol. The zero-order valence-electron chi connectivity index (χ0n) is 13.0. The Balaban J connectivity index is 1.65. The third-order valence-electron chi connectivity index (χ3n) is 5.45. The summed E-state index contributed by atoms with van der Waals surface area (Å²) < 4.78 is 0. The van der Waals surface area contributed by atoms with Crippen molar-refractivity contribution in [2.24, 2.45) is 11.8 Å². The molecule has 20 heavy (non-hydrogen) atoms. The molecule has 116 valence electrons. The molecule has 3 heteroatoms. The van der Waals surface area contributed by atoms with Gasteiger partial charge < -0.3 is 10.0 Å². The van der Waals surface area contributed by atoms with E-state index in [9.17, 15) is 4.79 Å². The molecule has 3 nitrogen and oxygen atoms in total. The van der Waals surface area contributed by atoms with E-state index in [1.165, 1.54) is 64.5 Å². The highest BCUT2D eigenvalue weighted by molar-refractivity contribution is 5.66. The predicted octanol–water partition coefficient (Wildman–Crippen LogP) is 3.92. The third kappa shape index (κ3) is 4.76. The number of carboxylic acids is 1. The minimum Gasteiger partial charge on any atom is -0.481 e. The van der Waals surface area contributed by atoms with Crippen molar-refractivity contribution in [2.75, 3.05) is 13.1 Å². The van der Waals surface area contributed by atoms with Gasteiger partial charge in [0, 0.05) is 12.5 Å². The topological polar surface area (TPSA) is 40.5 Å². The fraction of sp³-hybridized carbons (Fsp3) is 0.941. The van der Waals surface area contributed by atoms with Crippen molar-refractivity contribution in [1.29, 1.82) is 0 Å². The lowest BCUT2D eigenvalue weighted by Gasteiger charge is -2.41. The number of hydrogen-bond acceptors (Lipinski definition) is 2. The third-order valence-corrected chi connectivity index (χ3v) is 5.45. The van der Waals surface area contributed by atoms with E-state index in [1.54, 1.807) is 0 Å². The fourth-order valence-electron chi connectivity index (χ4n) is 4.14. The highest BCUT2D eigenvalue weighted by Crippen LogP contribution is 2.32. The van der Waals surface area contributed by atoms with Gasteiger partial charge in [0.25, 0.3) is 0 Å². The normalized spacial score (nSPS) is 29.4. The standard InChI is InChI=1S/C17H31NO2/c1-2-3-14-4-7-16(8-5-14)18-12-10-15(11-13-18)6-9-17(19)20/h14-16H,2-13H2,1H3,(H,19,20). The monoisotopic (exact) mass is 281 g/mol. The molecule has 0 radical (unpaired) electrons. The fourth-order valence-corrected chi connectivity index (χ4v) is 4.14. The molecule has 1 saturated heterocycles. The molecule has 1 aliphatic carbocycles. The van der Waals surface area contributed by atoms with E-state index < -0.39 is 5.97 Å². The Morgan fingerprint density at radius 2 is 1.60 bits per heavy atom. The lowest BCUT2D eigenvalue weighted by Crippen LogP contribution is -2.43. The Labute approximate surface area is 123 Å². The Bertz CT molecular complexity index is 289. The van der Waals surface area contributed by atoms with Gasteiger partial charge in [-0.2, -0.15) is 0 Å². The van der Waals surface area contributed by atoms with Crippen LogP contribution in [0.15, 0.2) is 0 Å². The summed E-state index contributed by atoms with van der Waals surface area (Å²) in [6.45, 7) is 4.70. The summed E-state index contributed by atoms with van der Waals surface area (Å²) in [5.74, 6) is 1.00. The maximum Gasteiger partial charge on any atom is 0.303 e. The summed E-state index contributed by atoms with van der Waals surface area (Å²) in [5.41, 5.74) is 0. The minimum absolute atomic E-state index is 0.354. The summed E-state index contributed by atoms with van der Waals surface area (Å²) in [7, 11) is 0. The second-order valence-corrected chi connectivity index (χ2v) is 6.87. The molecule has 0 atom stereocenters. The van der Waals surface area contributed by atoms with E-state index in [0.29, 0.717) is 12.3 Å². The first-order valence-corrected chi connectivity index (χ1v) is 8.65. The van der Waals surface area contributed by atoms with Crippen molar-refractivity contribution < 1.29 is 9.90 Å². The minimum atomic E-state index is -0.637. The number of nitrogens with zero attached hydrogens (tertiary/aromatic N) is 1. The zero-order chi connectivity index (χ0) is 14.4. The van der Waals surface area contributed by atoms with E-state index in [1.807, 2.05) is 0 Å². The number of rotatable bonds is 6. The van der Waals surface area contributed by atoms with Gasteiger partial charge >= 0.3 is 5.97 Å². The van der Waals surface area contributed by atoms with Gasteiger partial charge in [-0.3, -0.25) is 4.79 Å². The van der Waals surface area contributed by atoms with Gasteiger partial charge in [-0.1, -0.05) is 19.8 Å². The SMILES string of the molecule is CCCC1CCC(N2CCC(CCC(=O)O)CC2)CC1. The molecule has 2 rings (SSSR count). The lowest BCUT2D eigenvalue weighted by atomic mass is 9.82. The molecule has 0 bridgehead atoms. The molecule has 0 aromatic heterocycles. The highest BCUT2D eigenvalue weighted by atomic mass is 16.4. The van der Waals surface area contributed by atoms with Crippen molar-refractivity contribution in [2.45, 2.75) is 77.2 Å². The maximum atomic E-state index is 10.6. The molecular formula is C17H31NO2. The molecule has 1 aliphatic heterocycles. The summed E-state index contributed by atoms with van der Waals surface area (Å²) in [4.78, 5) is 13.3. The molecule has 2 aliphatic rings. The quantitative estimate of drug-likeness (QED) is 0.802. The van der Waals surface area contributed by atoms with Gasteiger partial charge in [0.15, 0.2) is 0 Å². The van der Waals surface area contributed by atoms with Crippen LogP contribution in [-0.4, -0.2) is 35.1 Å². The van der Waals surface area contributed by atoms with Gasteiger partial charge in [-0.05, 0) is 69.9 Å². The van der Waals surface area contributed by atoms with Crippen LogP contribution in [0, 0.1) is 11.8 Å². The first kappa shape index (κ1) is 15.8. The van der Waals surface area contributed by atoms with Crippen LogP contribution in [0.2, 0.25) is 0 Å². The van der Waals surface area contributed by atoms with Crippen LogP contribution in [0.1, 0.15) is 71.1 Å². The summed E-state index contributed by atoms with van der Waals surface area (Å²) in [6.07, 6.45) is 12.1. The Morgan fingerprint density at radius 1 is 1.00 bits per heavy atom. The number of carbonyl (C=O) groups is 1. The first-order chi connectivity index (χ1) is 9.69. The summed E-state index contributed by atoms with van der Waals surface area (Å²) in [6, 6.07) is 0.823. The van der Waals surface area contributed by atoms with Crippen molar-refractivity contribution >= 4 is 5.97 Å². The molecule has 1 N–H and O–H groups in total. The van der Waals surface area contributed by atoms with Gasteiger partial charge in [-0.15, -0.1) is 0 Å². The number of likely N-dealkylation sites (tertiary alicyclic amines) is 1. The molecule has 0 aromatic carbocycles. The number of piperidine rings is 1. The smallest absolute Gasteiger partial charge is 0.303 e. The van der Waals surface area contributed by atoms with Crippen LogP contribution in [0.4, 0.5) is 0 Å². The zero-order valence-corrected chi connectivity index (χ0v) is 13.0. The molecule has 1 heterocycles. The van der Waals surface area contributed by atoms with E-state index in [0.717, 1.165) is 18.4 Å². The summed E-state index contributed by atoms with van der Waals surface area (Å²) >= 11 is 0. The molecule has 0 aromatic rings. The van der Waals surface area contributed by atoms with E-state index >= 15 is 0 Å². The maximum absolute atomic E-state index is 10.6. The van der Waals surface area contributed by atoms with E-state index in [-0.39, 0.29) is 0 Å². The van der Waals surface area contributed by atoms with Crippen LogP contribution in [0.3, 0.4) is 0 Å². The van der Waals surface area contributed by atoms with Crippen LogP contribution in [0.25, 0.3) is 0 Å². The molecule has 0 amide bonds. The molecule has 0 spiro atoms. The average Bonchev–Trinajstić information content (AvgIpc) is 2.47. The number of aliphatic carboxylic acids is 1. The first-order valence-electron chi connectivity index (χ1n) is 8.65. The lowest BCUT2D eigenvalue weighted by molar-refractivity contribution is -0.137. The van der Waals surface area contributed by atoms with E-state index in [4.69, 9.17) is 5.11 Å². The van der Waals surface area contributed by atoms with Gasteiger partial charge in [0.1, 0.15) is 0 Å². The van der Waals surface area contributed by atoms with Gasteiger partial charge in [0.05, 0.1) is 0 Å². The van der Waals surface area contributed by atoms with Crippen LogP contribution >= 0.6 is 0 Å². The molecule has 1 saturated carbocycles. The number of hydrogen-bond donors (Lipinski definition) is 1. The second-order valence-electron chi connectivity index (χ2n) is 6.87. The molecule has 0 unspecified atom stereocenters. The van der Waals surface area contributed by atoms with Crippen molar-refractivity contribution in [3.8, 4) is 0 Å². The number of carboxylic acid groups (broad SMARTS) is 1. The van der Waals surface area contributed by atoms with Gasteiger partial charge in [-0.25, -0.2) is 0 Å². The summed E-state index contributed by atoms with van der Waals surface area (Å²) in [5, 5.41) is 8.76. The van der Waals surface area contributed by atoms with Crippen molar-refractivity contribution in [3.63, 3.8) is 0 Å². The highest BCUT2D eigenvalue weighted by Gasteiger charge is 2.28. The largest absolute Gasteiger partial charge is 0.481 e. The Kier molecular flexibility index (Phi) is 6.34. The van der Waals surface area contributed by atoms with Crippen LogP contribution in [0.5, 0.6) is 0 Å². The Hall–Kier alpha value is -0.570. The second kappa shape index (κ2) is 8.02. The van der Waals surface area contributed by atoms with Gasteiger partial charge in [0.2, 0.25) is 0 Å². The average molecular weight is 281 g/mol. The van der Waals surface area contributed by atoms with Crippen LogP contribution < -0.4 is 0 Å². The predicted molar refractivity (Wildman–Crippen MR) is 81.8 cm³/mol. The Morgan fingerprint density at radius 3 is 2.15 bits per heavy atom. The van der Waals surface area contributed by atoms with Crippen LogP contribution in [-0.2, 0) is 4.79 Å². The van der Waals surface area contributed by atoms with E-state index in [2.05, 4.69) is 11.8 Å². The van der Waals surface area contributed by atoms with Crippen molar-refractivity contribution in [3.05, 3.63) is 0 Å². The van der Waals surface area contributed by atoms with Crippen molar-refractivity contribution in [1.82, 2.24) is 4.90 Å². The molecule has 2 fully saturated rings.